The molecule has 7 heteroatoms. The number of methoxy groups -OCH3 is 2. The molecular weight excluding hydrogens is 384 g/mol. The van der Waals surface area contributed by atoms with Gasteiger partial charge in [-0.3, -0.25) is 9.69 Å². The third-order valence-corrected chi connectivity index (χ3v) is 5.17. The number of carbonyl (C=O) groups is 1. The van der Waals surface area contributed by atoms with Gasteiger partial charge < -0.3 is 24.6 Å². The predicted octanol–water partition coefficient (Wildman–Crippen LogP) is 2.82. The normalized spacial score (nSPS) is 15.0. The minimum Gasteiger partial charge on any atom is -0.508 e. The topological polar surface area (TPSA) is 80.3 Å². The van der Waals surface area contributed by atoms with Crippen LogP contribution in [0.2, 0.25) is 0 Å². The Balaban J connectivity index is 1.59. The molecule has 1 amide bonds. The Kier molecular flexibility index (Phi) is 7.93. The molecule has 30 heavy (non-hydrogen) atoms. The van der Waals surface area contributed by atoms with Crippen molar-refractivity contribution in [3.8, 4) is 17.2 Å². The molecule has 2 aromatic carbocycles. The number of nitrogens with zero attached hydrogens (tertiary/aromatic N) is 1. The molecule has 0 spiro atoms. The number of phenolic OH excluding ortho intramolecular Hbond substituents is 1. The van der Waals surface area contributed by atoms with Gasteiger partial charge in [0.15, 0.2) is 0 Å². The van der Waals surface area contributed by atoms with Gasteiger partial charge in [0.05, 0.1) is 19.3 Å². The number of benzene rings is 2. The van der Waals surface area contributed by atoms with Crippen LogP contribution in [0.1, 0.15) is 28.8 Å². The van der Waals surface area contributed by atoms with Crippen molar-refractivity contribution in [3.05, 3.63) is 53.6 Å². The van der Waals surface area contributed by atoms with Crippen LogP contribution in [0.3, 0.4) is 0 Å². The Labute approximate surface area is 177 Å². The SMILES string of the molecule is COCCNC(=O)c1ccc(OC)cc1OC1CCN(Cc2cccc(O)c2)CC1. The number of likely N-dealkylation sites (tertiary alicyclic amines) is 1. The van der Waals surface area contributed by atoms with Gasteiger partial charge in [-0.2, -0.15) is 0 Å². The van der Waals surface area contributed by atoms with Crippen LogP contribution in [-0.2, 0) is 11.3 Å². The maximum absolute atomic E-state index is 12.5. The van der Waals surface area contributed by atoms with Crippen molar-refractivity contribution in [2.75, 3.05) is 40.5 Å². The molecule has 1 heterocycles. The Morgan fingerprint density at radius 3 is 2.67 bits per heavy atom. The number of piperidine rings is 1. The number of hydrogen-bond acceptors (Lipinski definition) is 6. The molecule has 2 aromatic rings. The number of phenols is 1. The summed E-state index contributed by atoms with van der Waals surface area (Å²) < 4.78 is 16.5. The van der Waals surface area contributed by atoms with E-state index in [-0.39, 0.29) is 12.0 Å². The summed E-state index contributed by atoms with van der Waals surface area (Å²) in [7, 11) is 3.19. The number of aromatic hydroxyl groups is 1. The lowest BCUT2D eigenvalue weighted by Crippen LogP contribution is -2.38. The van der Waals surface area contributed by atoms with Crippen molar-refractivity contribution < 1.29 is 24.1 Å². The molecule has 0 aromatic heterocycles. The van der Waals surface area contributed by atoms with Crippen LogP contribution in [0.25, 0.3) is 0 Å². The molecule has 0 aliphatic carbocycles. The monoisotopic (exact) mass is 414 g/mol. The van der Waals surface area contributed by atoms with Crippen LogP contribution < -0.4 is 14.8 Å². The molecule has 1 fully saturated rings. The summed E-state index contributed by atoms with van der Waals surface area (Å²) in [5.74, 6) is 1.29. The van der Waals surface area contributed by atoms with Crippen LogP contribution in [0.4, 0.5) is 0 Å². The van der Waals surface area contributed by atoms with Crippen molar-refractivity contribution in [3.63, 3.8) is 0 Å². The quantitative estimate of drug-likeness (QED) is 0.615. The maximum atomic E-state index is 12.5. The van der Waals surface area contributed by atoms with Crippen molar-refractivity contribution in [1.82, 2.24) is 10.2 Å². The molecule has 2 N–H and O–H groups in total. The summed E-state index contributed by atoms with van der Waals surface area (Å²) in [6.45, 7) is 3.47. The van der Waals surface area contributed by atoms with Crippen LogP contribution in [0, 0.1) is 0 Å². The zero-order valence-electron chi connectivity index (χ0n) is 17.6. The third kappa shape index (κ3) is 6.11. The third-order valence-electron chi connectivity index (χ3n) is 5.17. The van der Waals surface area contributed by atoms with Crippen LogP contribution in [0.15, 0.2) is 42.5 Å². The Hall–Kier alpha value is -2.77. The van der Waals surface area contributed by atoms with E-state index < -0.39 is 0 Å². The molecule has 7 nitrogen and oxygen atoms in total. The average Bonchev–Trinajstić information content (AvgIpc) is 2.75. The van der Waals surface area contributed by atoms with Crippen molar-refractivity contribution in [2.24, 2.45) is 0 Å². The minimum absolute atomic E-state index is 0.0306. The second-order valence-electron chi connectivity index (χ2n) is 7.37. The highest BCUT2D eigenvalue weighted by Crippen LogP contribution is 2.28. The van der Waals surface area contributed by atoms with Crippen LogP contribution in [-0.4, -0.2) is 62.5 Å². The number of rotatable bonds is 9. The summed E-state index contributed by atoms with van der Waals surface area (Å²) >= 11 is 0. The number of carbonyl (C=O) groups excluding carboxylic acids is 1. The summed E-state index contributed by atoms with van der Waals surface area (Å²) in [6.07, 6.45) is 1.75. The van der Waals surface area contributed by atoms with Crippen LogP contribution in [0.5, 0.6) is 17.2 Å². The highest BCUT2D eigenvalue weighted by atomic mass is 16.5. The average molecular weight is 415 g/mol. The molecule has 162 valence electrons. The molecule has 1 aliphatic rings. The Morgan fingerprint density at radius 1 is 1.17 bits per heavy atom. The van der Waals surface area contributed by atoms with Gasteiger partial charge in [0.25, 0.3) is 5.91 Å². The van der Waals surface area contributed by atoms with Crippen molar-refractivity contribution >= 4 is 5.91 Å². The first-order valence-electron chi connectivity index (χ1n) is 10.2. The smallest absolute Gasteiger partial charge is 0.255 e. The molecule has 3 rings (SSSR count). The lowest BCUT2D eigenvalue weighted by atomic mass is 10.1. The van der Waals surface area contributed by atoms with E-state index in [1.165, 1.54) is 0 Å². The van der Waals surface area contributed by atoms with E-state index in [1.54, 1.807) is 44.6 Å². The molecule has 0 saturated carbocycles. The first kappa shape index (κ1) is 21.9. The van der Waals surface area contributed by atoms with E-state index in [2.05, 4.69) is 10.2 Å². The summed E-state index contributed by atoms with van der Waals surface area (Å²) in [4.78, 5) is 14.9. The molecule has 0 bridgehead atoms. The summed E-state index contributed by atoms with van der Waals surface area (Å²) in [6, 6.07) is 12.6. The zero-order chi connectivity index (χ0) is 21.3. The van der Waals surface area contributed by atoms with Gasteiger partial charge >= 0.3 is 0 Å². The predicted molar refractivity (Wildman–Crippen MR) is 114 cm³/mol. The van der Waals surface area contributed by atoms with E-state index in [0.29, 0.717) is 36.0 Å². The summed E-state index contributed by atoms with van der Waals surface area (Å²) in [5, 5.41) is 12.5. The second-order valence-corrected chi connectivity index (χ2v) is 7.37. The van der Waals surface area contributed by atoms with E-state index in [0.717, 1.165) is 38.0 Å². The molecular formula is C23H30N2O5. The molecule has 0 radical (unpaired) electrons. The zero-order valence-corrected chi connectivity index (χ0v) is 17.6. The van der Waals surface area contributed by atoms with E-state index in [9.17, 15) is 9.90 Å². The molecule has 1 saturated heterocycles. The fraction of sp³-hybridized carbons (Fsp3) is 0.435. The minimum atomic E-state index is -0.189. The number of amides is 1. The fourth-order valence-electron chi connectivity index (χ4n) is 3.55. The molecule has 0 atom stereocenters. The first-order valence-corrected chi connectivity index (χ1v) is 10.2. The highest BCUT2D eigenvalue weighted by Gasteiger charge is 2.23. The summed E-state index contributed by atoms with van der Waals surface area (Å²) in [5.41, 5.74) is 1.59. The van der Waals surface area contributed by atoms with Crippen molar-refractivity contribution in [2.45, 2.75) is 25.5 Å². The van der Waals surface area contributed by atoms with E-state index in [1.807, 2.05) is 12.1 Å². The number of nitrogens with one attached hydrogen (secondary N) is 1. The Morgan fingerprint density at radius 2 is 1.97 bits per heavy atom. The maximum Gasteiger partial charge on any atom is 0.255 e. The number of ether oxygens (including phenoxy) is 3. The fourth-order valence-corrected chi connectivity index (χ4v) is 3.55. The largest absolute Gasteiger partial charge is 0.508 e. The van der Waals surface area contributed by atoms with Crippen molar-refractivity contribution in [1.29, 1.82) is 0 Å². The Bertz CT molecular complexity index is 834. The molecule has 1 aliphatic heterocycles. The second kappa shape index (κ2) is 10.8. The van der Waals surface area contributed by atoms with E-state index in [4.69, 9.17) is 14.2 Å². The van der Waals surface area contributed by atoms with Gasteiger partial charge in [-0.15, -0.1) is 0 Å². The number of hydrogen-bond donors (Lipinski definition) is 2. The van der Waals surface area contributed by atoms with Gasteiger partial charge in [0.2, 0.25) is 0 Å². The molecule has 0 unspecified atom stereocenters. The van der Waals surface area contributed by atoms with Gasteiger partial charge in [-0.25, -0.2) is 0 Å². The van der Waals surface area contributed by atoms with E-state index >= 15 is 0 Å². The standard InChI is InChI=1S/C23H30N2O5/c1-28-13-10-24-23(27)21-7-6-20(29-2)15-22(21)30-19-8-11-25(12-9-19)16-17-4-3-5-18(26)14-17/h3-7,14-15,19,26H,8-13,16H2,1-2H3,(H,24,27). The van der Waals surface area contributed by atoms with Gasteiger partial charge in [0.1, 0.15) is 23.4 Å². The van der Waals surface area contributed by atoms with Crippen LogP contribution >= 0.6 is 0 Å². The lowest BCUT2D eigenvalue weighted by Gasteiger charge is -2.32. The van der Waals surface area contributed by atoms with Gasteiger partial charge in [0, 0.05) is 39.4 Å². The van der Waals surface area contributed by atoms with Gasteiger partial charge in [-0.05, 0) is 42.7 Å². The van der Waals surface area contributed by atoms with Gasteiger partial charge in [-0.1, -0.05) is 12.1 Å². The lowest BCUT2D eigenvalue weighted by molar-refractivity contribution is 0.0881. The highest BCUT2D eigenvalue weighted by molar-refractivity contribution is 5.97. The first-order chi connectivity index (χ1) is 14.6.